The molecule has 2 aliphatic heterocycles. The number of nitrogens with zero attached hydrogens (tertiary/aromatic N) is 3. The number of aromatic nitrogens is 3. The largest absolute Gasteiger partial charge is 0.477 e. The van der Waals surface area contributed by atoms with Gasteiger partial charge in [-0.15, -0.1) is 5.10 Å². The van der Waals surface area contributed by atoms with Crippen LogP contribution in [-0.2, 0) is 60.6 Å². The van der Waals surface area contributed by atoms with Crippen molar-refractivity contribution in [3.8, 4) is 11.5 Å². The maximum absolute atomic E-state index is 13.0. The normalized spacial score (nSPS) is 25.5. The van der Waals surface area contributed by atoms with Crippen molar-refractivity contribution < 1.29 is 92.8 Å². The highest BCUT2D eigenvalue weighted by Gasteiger charge is 2.55. The summed E-state index contributed by atoms with van der Waals surface area (Å²) in [5, 5.41) is 89.1. The molecule has 5 rings (SSSR count). The third kappa shape index (κ3) is 17.2. The Bertz CT molecular complexity index is 2020. The SMILES string of the molecule is CCNC(=O)CCOCCOCCOCCOCCn1cc(COCC2O[C@H](CO[C@]3(C(=O)O)C[C@H](O)[C@@H](C)[C@H]([C@H](O)[C@H](O)CNC(=O)c4cccc(Oc5ccccc5)c4)O3)[C@H](O)[C@H](O)[C@H]2O)nn1. The number of ether oxygens (including phenoxy) is 9. The van der Waals surface area contributed by atoms with E-state index in [0.29, 0.717) is 89.6 Å². The van der Waals surface area contributed by atoms with E-state index in [0.717, 1.165) is 0 Å². The quantitative estimate of drug-likeness (QED) is 0.0341. The number of amides is 2. The van der Waals surface area contributed by atoms with Crippen LogP contribution in [0.5, 0.6) is 11.5 Å². The molecule has 24 nitrogen and oxygen atoms in total. The van der Waals surface area contributed by atoms with Crippen LogP contribution in [0.3, 0.4) is 0 Å². The summed E-state index contributed by atoms with van der Waals surface area (Å²) in [7, 11) is 0. The summed E-state index contributed by atoms with van der Waals surface area (Å²) in [5.74, 6) is -5.01. The van der Waals surface area contributed by atoms with E-state index in [1.165, 1.54) is 19.1 Å². The molecule has 3 heterocycles. The molecule has 0 bridgehead atoms. The van der Waals surface area contributed by atoms with Gasteiger partial charge in [0.25, 0.3) is 11.7 Å². The van der Waals surface area contributed by atoms with Crippen LogP contribution in [0.4, 0.5) is 0 Å². The molecule has 1 aromatic heterocycles. The predicted molar refractivity (Wildman–Crippen MR) is 241 cm³/mol. The lowest BCUT2D eigenvalue weighted by Gasteiger charge is -2.46. The van der Waals surface area contributed by atoms with Gasteiger partial charge in [0.15, 0.2) is 0 Å². The lowest BCUT2D eigenvalue weighted by molar-refractivity contribution is -0.330. The zero-order valence-corrected chi connectivity index (χ0v) is 39.2. The Hall–Kier alpha value is -4.77. The van der Waals surface area contributed by atoms with Crippen molar-refractivity contribution in [3.63, 3.8) is 0 Å². The molecule has 0 aliphatic carbocycles. The first-order valence-electron chi connectivity index (χ1n) is 23.2. The second-order valence-electron chi connectivity index (χ2n) is 16.6. The fraction of sp³-hybridized carbons (Fsp3) is 0.630. The lowest BCUT2D eigenvalue weighted by atomic mass is 9.84. The second-order valence-corrected chi connectivity index (χ2v) is 16.6. The van der Waals surface area contributed by atoms with E-state index in [4.69, 9.17) is 42.6 Å². The van der Waals surface area contributed by atoms with Gasteiger partial charge in [0, 0.05) is 37.4 Å². The number of aliphatic hydroxyl groups excluding tert-OH is 6. The molecule has 2 aliphatic rings. The van der Waals surface area contributed by atoms with E-state index < -0.39 is 98.1 Å². The van der Waals surface area contributed by atoms with E-state index in [9.17, 15) is 50.1 Å². The zero-order chi connectivity index (χ0) is 50.5. The topological polar surface area (TPSA) is 331 Å². The summed E-state index contributed by atoms with van der Waals surface area (Å²) in [5.41, 5.74) is 0.619. The first-order valence-corrected chi connectivity index (χ1v) is 23.2. The average Bonchev–Trinajstić information content (AvgIpc) is 3.81. The maximum Gasteiger partial charge on any atom is 0.364 e. The van der Waals surface area contributed by atoms with E-state index in [-0.39, 0.29) is 24.7 Å². The molecule has 0 saturated carbocycles. The van der Waals surface area contributed by atoms with Crippen molar-refractivity contribution >= 4 is 17.8 Å². The summed E-state index contributed by atoms with van der Waals surface area (Å²) in [6.07, 6.45) is -13.1. The summed E-state index contributed by atoms with van der Waals surface area (Å²) in [6.45, 7) is 5.58. The highest BCUT2D eigenvalue weighted by Crippen LogP contribution is 2.37. The van der Waals surface area contributed by atoms with Gasteiger partial charge in [0.1, 0.15) is 53.8 Å². The van der Waals surface area contributed by atoms with Gasteiger partial charge in [-0.3, -0.25) is 9.59 Å². The number of para-hydroxylation sites is 1. The number of rotatable bonds is 31. The molecule has 11 atom stereocenters. The van der Waals surface area contributed by atoms with Crippen LogP contribution in [0.25, 0.3) is 0 Å². The van der Waals surface area contributed by atoms with Gasteiger partial charge < -0.3 is 89.0 Å². The molecule has 2 amide bonds. The number of aliphatic hydroxyl groups is 6. The van der Waals surface area contributed by atoms with Gasteiger partial charge in [-0.25, -0.2) is 9.48 Å². The van der Waals surface area contributed by atoms with Crippen LogP contribution in [0.1, 0.15) is 42.7 Å². The van der Waals surface area contributed by atoms with Crippen molar-refractivity contribution in [1.29, 1.82) is 0 Å². The number of hydrogen-bond acceptors (Lipinski definition) is 20. The molecule has 24 heteroatoms. The second kappa shape index (κ2) is 28.9. The van der Waals surface area contributed by atoms with Crippen LogP contribution in [0.15, 0.2) is 60.8 Å². The van der Waals surface area contributed by atoms with E-state index in [1.807, 2.05) is 13.0 Å². The number of carbonyl (C=O) groups is 3. The predicted octanol–water partition coefficient (Wildman–Crippen LogP) is -1.24. The number of nitrogens with one attached hydrogen (secondary N) is 2. The molecule has 390 valence electrons. The summed E-state index contributed by atoms with van der Waals surface area (Å²) in [4.78, 5) is 37.1. The number of benzene rings is 2. The standard InChI is InChI=1S/C46H67N5O19/c1-3-47-38(54)12-14-62-16-18-64-20-21-65-19-17-63-15-13-51-25-31(49-50-51)26-66-27-36-40(56)42(58)41(57)37(69-36)28-67-46(45(60)61)23-34(52)29(2)43(70-46)39(55)35(53)24-48-44(59)30-8-7-11-33(22-30)68-32-9-5-4-6-10-32/h4-11,22,25,29,34-37,39-43,52-53,55-58H,3,12-21,23-24,26-28H2,1-2H3,(H,47,54)(H,48,59)(H,60,61)/t29-,34+,35-,36?,37-,39-,40+,41+,42-,43-,46-/m1/s1. The minimum atomic E-state index is -2.64. The molecule has 9 N–H and O–H groups in total. The average molecular weight is 994 g/mol. The molecular weight excluding hydrogens is 927 g/mol. The zero-order valence-electron chi connectivity index (χ0n) is 39.2. The molecule has 2 saturated heterocycles. The summed E-state index contributed by atoms with van der Waals surface area (Å²) < 4.78 is 52.2. The number of carboxylic acid groups (broad SMARTS) is 1. The van der Waals surface area contributed by atoms with Gasteiger partial charge in [0.05, 0.1) is 104 Å². The van der Waals surface area contributed by atoms with Crippen LogP contribution in [-0.4, -0.2) is 208 Å². The molecule has 2 fully saturated rings. The lowest BCUT2D eigenvalue weighted by Crippen LogP contribution is -2.63. The third-order valence-electron chi connectivity index (χ3n) is 11.4. The van der Waals surface area contributed by atoms with Gasteiger partial charge in [-0.2, -0.15) is 0 Å². The Labute approximate surface area is 404 Å². The Morgan fingerprint density at radius 3 is 2.13 bits per heavy atom. The molecule has 1 unspecified atom stereocenters. The molecule has 2 aromatic carbocycles. The maximum atomic E-state index is 13.0. The van der Waals surface area contributed by atoms with Crippen molar-refractivity contribution in [3.05, 3.63) is 72.1 Å². The summed E-state index contributed by atoms with van der Waals surface area (Å²) in [6, 6.07) is 15.2. The fourth-order valence-electron chi connectivity index (χ4n) is 7.38. The number of aliphatic carboxylic acids is 1. The Balaban J connectivity index is 1.01. The monoisotopic (exact) mass is 993 g/mol. The fourth-order valence-corrected chi connectivity index (χ4v) is 7.38. The molecule has 70 heavy (non-hydrogen) atoms. The minimum absolute atomic E-state index is 0.0502. The van der Waals surface area contributed by atoms with Crippen LogP contribution >= 0.6 is 0 Å². The first-order chi connectivity index (χ1) is 33.7. The smallest absolute Gasteiger partial charge is 0.364 e. The van der Waals surface area contributed by atoms with E-state index >= 15 is 0 Å². The first kappa shape index (κ1) is 56.1. The number of carbonyl (C=O) groups excluding carboxylic acids is 2. The highest BCUT2D eigenvalue weighted by atomic mass is 16.7. The van der Waals surface area contributed by atoms with Gasteiger partial charge in [0.2, 0.25) is 5.91 Å². The van der Waals surface area contributed by atoms with Crippen LogP contribution in [0.2, 0.25) is 0 Å². The highest BCUT2D eigenvalue weighted by molar-refractivity contribution is 5.94. The Morgan fingerprint density at radius 1 is 0.814 bits per heavy atom. The van der Waals surface area contributed by atoms with Crippen molar-refractivity contribution in [2.24, 2.45) is 5.92 Å². The van der Waals surface area contributed by atoms with E-state index in [1.54, 1.807) is 47.3 Å². The Kier molecular flexibility index (Phi) is 23.2. The van der Waals surface area contributed by atoms with Crippen molar-refractivity contribution in [2.75, 3.05) is 79.2 Å². The minimum Gasteiger partial charge on any atom is -0.477 e. The van der Waals surface area contributed by atoms with Crippen molar-refractivity contribution in [1.82, 2.24) is 25.6 Å². The van der Waals surface area contributed by atoms with Gasteiger partial charge in [-0.05, 0) is 37.3 Å². The molecular formula is C46H67N5O19. The third-order valence-corrected chi connectivity index (χ3v) is 11.4. The van der Waals surface area contributed by atoms with E-state index in [2.05, 4.69) is 20.9 Å². The van der Waals surface area contributed by atoms with Gasteiger partial charge in [-0.1, -0.05) is 36.4 Å². The molecule has 0 radical (unpaired) electrons. The van der Waals surface area contributed by atoms with Crippen LogP contribution in [0, 0.1) is 5.92 Å². The number of carboxylic acids is 1. The Morgan fingerprint density at radius 2 is 1.46 bits per heavy atom. The summed E-state index contributed by atoms with van der Waals surface area (Å²) >= 11 is 0. The van der Waals surface area contributed by atoms with Gasteiger partial charge >= 0.3 is 5.97 Å². The molecule has 3 aromatic rings. The molecule has 0 spiro atoms. The number of hydrogen-bond donors (Lipinski definition) is 9. The van der Waals surface area contributed by atoms with Crippen molar-refractivity contribution in [2.45, 2.75) is 101 Å². The van der Waals surface area contributed by atoms with Crippen LogP contribution < -0.4 is 15.4 Å².